The van der Waals surface area contributed by atoms with E-state index in [1.165, 1.54) is 6.07 Å². The monoisotopic (exact) mass is 235 g/mol. The minimum atomic E-state index is -0.400. The summed E-state index contributed by atoms with van der Waals surface area (Å²) >= 11 is 11.5. The molecule has 0 bridgehead atoms. The van der Waals surface area contributed by atoms with Gasteiger partial charge in [0.15, 0.2) is 0 Å². The second-order valence-corrected chi connectivity index (χ2v) is 4.02. The third-order valence-electron chi connectivity index (χ3n) is 2.10. The van der Waals surface area contributed by atoms with Crippen LogP contribution in [0, 0.1) is 5.82 Å². The Kier molecular flexibility index (Phi) is 4.17. The van der Waals surface area contributed by atoms with Crippen LogP contribution in [0.15, 0.2) is 18.2 Å². The first-order valence-electron chi connectivity index (χ1n) is 4.23. The number of alkyl halides is 1. The highest BCUT2D eigenvalue weighted by molar-refractivity contribution is 6.30. The lowest BCUT2D eigenvalue weighted by molar-refractivity contribution is 0.324. The van der Waals surface area contributed by atoms with Crippen LogP contribution < -0.4 is 0 Å². The van der Waals surface area contributed by atoms with Crippen molar-refractivity contribution in [3.05, 3.63) is 34.6 Å². The standard InChI is InChI=1S/C10H12Cl2FN/c1-14(2)10(6-11)7-3-4-9(13)8(12)5-7/h3-5,10H,6H2,1-2H3. The van der Waals surface area contributed by atoms with Gasteiger partial charge in [0, 0.05) is 11.9 Å². The van der Waals surface area contributed by atoms with Gasteiger partial charge in [-0.05, 0) is 31.8 Å². The lowest BCUT2D eigenvalue weighted by Crippen LogP contribution is -2.21. The van der Waals surface area contributed by atoms with E-state index in [9.17, 15) is 4.39 Å². The van der Waals surface area contributed by atoms with Crippen molar-refractivity contribution in [2.45, 2.75) is 6.04 Å². The topological polar surface area (TPSA) is 3.24 Å². The summed E-state index contributed by atoms with van der Waals surface area (Å²) in [5.74, 6) is 0.0529. The fraction of sp³-hybridized carbons (Fsp3) is 0.400. The minimum absolute atomic E-state index is 0.0646. The van der Waals surface area contributed by atoms with Crippen molar-refractivity contribution in [2.24, 2.45) is 0 Å². The third-order valence-corrected chi connectivity index (χ3v) is 2.68. The number of benzene rings is 1. The minimum Gasteiger partial charge on any atom is -0.301 e. The second kappa shape index (κ2) is 4.96. The Labute approximate surface area is 93.4 Å². The molecule has 1 aromatic rings. The summed E-state index contributed by atoms with van der Waals surface area (Å²) in [6.07, 6.45) is 0. The van der Waals surface area contributed by atoms with Crippen molar-refractivity contribution in [3.63, 3.8) is 0 Å². The van der Waals surface area contributed by atoms with E-state index in [1.807, 2.05) is 19.0 Å². The molecule has 0 radical (unpaired) electrons. The Hall–Kier alpha value is -0.310. The number of hydrogen-bond acceptors (Lipinski definition) is 1. The van der Waals surface area contributed by atoms with Crippen LogP contribution >= 0.6 is 23.2 Å². The quantitative estimate of drug-likeness (QED) is 0.727. The van der Waals surface area contributed by atoms with E-state index in [-0.39, 0.29) is 11.1 Å². The molecule has 1 unspecified atom stereocenters. The summed E-state index contributed by atoms with van der Waals surface area (Å²) < 4.78 is 12.9. The molecule has 0 fully saturated rings. The zero-order chi connectivity index (χ0) is 10.7. The van der Waals surface area contributed by atoms with Gasteiger partial charge in [-0.2, -0.15) is 0 Å². The highest BCUT2D eigenvalue weighted by Crippen LogP contribution is 2.24. The van der Waals surface area contributed by atoms with Crippen LogP contribution in [0.1, 0.15) is 11.6 Å². The molecule has 0 aliphatic rings. The average Bonchev–Trinajstić information content (AvgIpc) is 2.11. The number of rotatable bonds is 3. The molecular weight excluding hydrogens is 224 g/mol. The van der Waals surface area contributed by atoms with E-state index in [0.717, 1.165) is 5.56 Å². The van der Waals surface area contributed by atoms with E-state index in [4.69, 9.17) is 23.2 Å². The molecule has 1 aromatic carbocycles. The third kappa shape index (κ3) is 2.59. The van der Waals surface area contributed by atoms with Gasteiger partial charge >= 0.3 is 0 Å². The van der Waals surface area contributed by atoms with Gasteiger partial charge in [-0.15, -0.1) is 11.6 Å². The van der Waals surface area contributed by atoms with Crippen molar-refractivity contribution in [2.75, 3.05) is 20.0 Å². The number of nitrogens with zero attached hydrogens (tertiary/aromatic N) is 1. The molecule has 0 N–H and O–H groups in total. The van der Waals surface area contributed by atoms with Crippen molar-refractivity contribution in [1.82, 2.24) is 4.90 Å². The zero-order valence-electron chi connectivity index (χ0n) is 8.10. The normalized spacial score (nSPS) is 13.3. The predicted molar refractivity (Wildman–Crippen MR) is 58.6 cm³/mol. The lowest BCUT2D eigenvalue weighted by atomic mass is 10.1. The van der Waals surface area contributed by atoms with Crippen LogP contribution in [-0.4, -0.2) is 24.9 Å². The molecule has 0 aromatic heterocycles. The Balaban J connectivity index is 3.00. The van der Waals surface area contributed by atoms with Crippen molar-refractivity contribution >= 4 is 23.2 Å². The number of hydrogen-bond donors (Lipinski definition) is 0. The maximum atomic E-state index is 12.9. The van der Waals surface area contributed by atoms with Gasteiger partial charge < -0.3 is 4.90 Å². The van der Waals surface area contributed by atoms with Gasteiger partial charge in [0.2, 0.25) is 0 Å². The van der Waals surface area contributed by atoms with Gasteiger partial charge in [0.1, 0.15) is 5.82 Å². The van der Waals surface area contributed by atoms with E-state index >= 15 is 0 Å². The fourth-order valence-electron chi connectivity index (χ4n) is 1.24. The maximum Gasteiger partial charge on any atom is 0.141 e. The van der Waals surface area contributed by atoms with E-state index in [0.29, 0.717) is 5.88 Å². The van der Waals surface area contributed by atoms with Crippen molar-refractivity contribution in [1.29, 1.82) is 0 Å². The summed E-state index contributed by atoms with van der Waals surface area (Å²) in [5.41, 5.74) is 0.927. The average molecular weight is 236 g/mol. The van der Waals surface area contributed by atoms with Crippen molar-refractivity contribution < 1.29 is 4.39 Å². The van der Waals surface area contributed by atoms with Crippen LogP contribution in [0.5, 0.6) is 0 Å². The SMILES string of the molecule is CN(C)C(CCl)c1ccc(F)c(Cl)c1. The largest absolute Gasteiger partial charge is 0.301 e. The smallest absolute Gasteiger partial charge is 0.141 e. The molecule has 0 saturated heterocycles. The summed E-state index contributed by atoms with van der Waals surface area (Å²) in [7, 11) is 3.84. The highest BCUT2D eigenvalue weighted by Gasteiger charge is 2.13. The van der Waals surface area contributed by atoms with Crippen LogP contribution in [0.2, 0.25) is 5.02 Å². The van der Waals surface area contributed by atoms with Gasteiger partial charge in [0.05, 0.1) is 5.02 Å². The van der Waals surface area contributed by atoms with Gasteiger partial charge in [-0.3, -0.25) is 0 Å². The van der Waals surface area contributed by atoms with Crippen LogP contribution in [0.3, 0.4) is 0 Å². The van der Waals surface area contributed by atoms with Crippen LogP contribution in [0.4, 0.5) is 4.39 Å². The fourth-order valence-corrected chi connectivity index (χ4v) is 1.89. The Bertz CT molecular complexity index is 315. The predicted octanol–water partition coefficient (Wildman–Crippen LogP) is 3.32. The summed E-state index contributed by atoms with van der Waals surface area (Å²) in [6.45, 7) is 0. The summed E-state index contributed by atoms with van der Waals surface area (Å²) in [5, 5.41) is 0.138. The van der Waals surface area contributed by atoms with Crippen molar-refractivity contribution in [3.8, 4) is 0 Å². The first-order valence-corrected chi connectivity index (χ1v) is 5.15. The highest BCUT2D eigenvalue weighted by atomic mass is 35.5. The molecule has 0 saturated carbocycles. The number of halogens is 3. The molecule has 0 heterocycles. The molecule has 78 valence electrons. The zero-order valence-corrected chi connectivity index (χ0v) is 9.61. The Morgan fingerprint density at radius 1 is 1.43 bits per heavy atom. The molecule has 0 aliphatic carbocycles. The first kappa shape index (κ1) is 11.8. The maximum absolute atomic E-state index is 12.9. The lowest BCUT2D eigenvalue weighted by Gasteiger charge is -2.22. The van der Waals surface area contributed by atoms with Crippen LogP contribution in [0.25, 0.3) is 0 Å². The van der Waals surface area contributed by atoms with Gasteiger partial charge in [-0.1, -0.05) is 17.7 Å². The van der Waals surface area contributed by atoms with Gasteiger partial charge in [-0.25, -0.2) is 4.39 Å². The van der Waals surface area contributed by atoms with E-state index in [1.54, 1.807) is 12.1 Å². The molecule has 4 heteroatoms. The molecule has 1 nitrogen and oxygen atoms in total. The summed E-state index contributed by atoms with van der Waals surface area (Å²) in [4.78, 5) is 1.97. The molecule has 1 rings (SSSR count). The Morgan fingerprint density at radius 2 is 2.07 bits per heavy atom. The van der Waals surface area contributed by atoms with E-state index in [2.05, 4.69) is 0 Å². The molecule has 0 amide bonds. The molecular formula is C10H12Cl2FN. The molecule has 0 aliphatic heterocycles. The summed E-state index contributed by atoms with van der Waals surface area (Å²) in [6, 6.07) is 4.74. The first-order chi connectivity index (χ1) is 6.56. The molecule has 1 atom stereocenters. The van der Waals surface area contributed by atoms with Gasteiger partial charge in [0.25, 0.3) is 0 Å². The molecule has 0 spiro atoms. The van der Waals surface area contributed by atoms with Crippen LogP contribution in [-0.2, 0) is 0 Å². The van der Waals surface area contributed by atoms with E-state index < -0.39 is 5.82 Å². The Morgan fingerprint density at radius 3 is 2.50 bits per heavy atom. The second-order valence-electron chi connectivity index (χ2n) is 3.31. The molecule has 14 heavy (non-hydrogen) atoms.